The molecule has 0 bridgehead atoms. The molecule has 1 rings (SSSR count). The molecule has 0 radical (unpaired) electrons. The Bertz CT molecular complexity index is 213. The van der Waals surface area contributed by atoms with E-state index in [0.29, 0.717) is 11.5 Å². The van der Waals surface area contributed by atoms with E-state index in [-0.39, 0.29) is 0 Å². The van der Waals surface area contributed by atoms with Crippen molar-refractivity contribution in [2.24, 2.45) is 29.0 Å². The summed E-state index contributed by atoms with van der Waals surface area (Å²) in [6, 6.07) is 0.465. The molecule has 2 heteroatoms. The van der Waals surface area contributed by atoms with Crippen LogP contribution in [-0.4, -0.2) is 6.04 Å². The van der Waals surface area contributed by atoms with Gasteiger partial charge in [-0.1, -0.05) is 41.0 Å². The Morgan fingerprint density at radius 1 is 1.25 bits per heavy atom. The van der Waals surface area contributed by atoms with E-state index in [9.17, 15) is 0 Å². The van der Waals surface area contributed by atoms with Crippen LogP contribution in [0.25, 0.3) is 0 Å². The van der Waals surface area contributed by atoms with Crippen LogP contribution in [-0.2, 0) is 0 Å². The van der Waals surface area contributed by atoms with Gasteiger partial charge >= 0.3 is 0 Å². The monoisotopic (exact) mass is 226 g/mol. The van der Waals surface area contributed by atoms with Crippen LogP contribution in [0, 0.1) is 23.2 Å². The maximum absolute atomic E-state index is 5.80. The second kappa shape index (κ2) is 5.50. The molecule has 2 nitrogen and oxygen atoms in total. The molecule has 0 aliphatic heterocycles. The molecular weight excluding hydrogens is 196 g/mol. The minimum absolute atomic E-state index is 0.305. The standard InChI is InChI=1S/C14H30N2/c1-6-14(4,5)13(16-15)12-8-7-10(2)11(3)9-12/h10-13,16H,6-9,15H2,1-5H3. The van der Waals surface area contributed by atoms with Crippen LogP contribution >= 0.6 is 0 Å². The first kappa shape index (κ1) is 14.0. The van der Waals surface area contributed by atoms with Crippen molar-refractivity contribution in [3.05, 3.63) is 0 Å². The topological polar surface area (TPSA) is 38.0 Å². The van der Waals surface area contributed by atoms with Crippen LogP contribution < -0.4 is 11.3 Å². The molecule has 16 heavy (non-hydrogen) atoms. The molecule has 0 spiro atoms. The fourth-order valence-electron chi connectivity index (χ4n) is 3.11. The first-order valence-electron chi connectivity index (χ1n) is 6.88. The van der Waals surface area contributed by atoms with Gasteiger partial charge in [0.1, 0.15) is 0 Å². The summed E-state index contributed by atoms with van der Waals surface area (Å²) in [6.45, 7) is 11.7. The molecule has 1 aliphatic carbocycles. The van der Waals surface area contributed by atoms with Crippen LogP contribution in [0.4, 0.5) is 0 Å². The molecule has 4 unspecified atom stereocenters. The normalized spacial score (nSPS) is 33.8. The lowest BCUT2D eigenvalue weighted by molar-refractivity contribution is 0.0996. The minimum atomic E-state index is 0.305. The molecule has 0 saturated heterocycles. The first-order valence-corrected chi connectivity index (χ1v) is 6.88. The van der Waals surface area contributed by atoms with E-state index in [2.05, 4.69) is 40.0 Å². The minimum Gasteiger partial charge on any atom is -0.271 e. The van der Waals surface area contributed by atoms with E-state index in [1.165, 1.54) is 25.7 Å². The Morgan fingerprint density at radius 3 is 2.31 bits per heavy atom. The number of nitrogens with one attached hydrogen (secondary N) is 1. The van der Waals surface area contributed by atoms with Crippen LogP contribution in [0.15, 0.2) is 0 Å². The van der Waals surface area contributed by atoms with E-state index in [1.54, 1.807) is 0 Å². The lowest BCUT2D eigenvalue weighted by atomic mass is 9.67. The Kier molecular flexibility index (Phi) is 4.81. The van der Waals surface area contributed by atoms with Crippen molar-refractivity contribution in [2.45, 2.75) is 66.3 Å². The Labute approximate surface area is 101 Å². The third kappa shape index (κ3) is 2.98. The van der Waals surface area contributed by atoms with Crippen LogP contribution in [0.5, 0.6) is 0 Å². The predicted octanol–water partition coefficient (Wildman–Crippen LogP) is 3.33. The van der Waals surface area contributed by atoms with Crippen molar-refractivity contribution in [3.63, 3.8) is 0 Å². The van der Waals surface area contributed by atoms with Crippen LogP contribution in [0.2, 0.25) is 0 Å². The first-order chi connectivity index (χ1) is 7.42. The quantitative estimate of drug-likeness (QED) is 0.570. The third-order valence-corrected chi connectivity index (χ3v) is 5.04. The highest BCUT2D eigenvalue weighted by molar-refractivity contribution is 4.90. The molecule has 0 aromatic rings. The molecule has 4 atom stereocenters. The fourth-order valence-corrected chi connectivity index (χ4v) is 3.11. The zero-order chi connectivity index (χ0) is 12.3. The molecule has 0 amide bonds. The highest BCUT2D eigenvalue weighted by atomic mass is 15.2. The number of rotatable bonds is 4. The Hall–Kier alpha value is -0.0800. The van der Waals surface area contributed by atoms with E-state index in [4.69, 9.17) is 5.84 Å². The van der Waals surface area contributed by atoms with Crippen molar-refractivity contribution < 1.29 is 0 Å². The summed E-state index contributed by atoms with van der Waals surface area (Å²) in [6.07, 6.45) is 5.22. The molecule has 1 saturated carbocycles. The highest BCUT2D eigenvalue weighted by Crippen LogP contribution is 2.40. The number of hydrogen-bond donors (Lipinski definition) is 2. The van der Waals surface area contributed by atoms with E-state index in [1.807, 2.05) is 0 Å². The van der Waals surface area contributed by atoms with Gasteiger partial charge in [0, 0.05) is 6.04 Å². The number of hydrazine groups is 1. The lowest BCUT2D eigenvalue weighted by Crippen LogP contribution is -2.51. The average molecular weight is 226 g/mol. The van der Waals surface area contributed by atoms with Crippen LogP contribution in [0.1, 0.15) is 60.3 Å². The van der Waals surface area contributed by atoms with Gasteiger partial charge in [0.05, 0.1) is 0 Å². The van der Waals surface area contributed by atoms with Gasteiger partial charge in [-0.2, -0.15) is 0 Å². The highest BCUT2D eigenvalue weighted by Gasteiger charge is 2.37. The summed E-state index contributed by atoms with van der Waals surface area (Å²) in [7, 11) is 0. The van der Waals surface area contributed by atoms with Gasteiger partial charge in [-0.15, -0.1) is 0 Å². The number of nitrogens with two attached hydrogens (primary N) is 1. The molecule has 1 fully saturated rings. The van der Waals surface area contributed by atoms with E-state index >= 15 is 0 Å². The zero-order valence-electron chi connectivity index (χ0n) is 11.7. The molecule has 1 aliphatic rings. The molecular formula is C14H30N2. The van der Waals surface area contributed by atoms with Crippen molar-refractivity contribution in [3.8, 4) is 0 Å². The fraction of sp³-hybridized carbons (Fsp3) is 1.00. The molecule has 3 N–H and O–H groups in total. The second-order valence-corrected chi connectivity index (χ2v) is 6.51. The summed E-state index contributed by atoms with van der Waals surface area (Å²) in [4.78, 5) is 0. The Balaban J connectivity index is 2.67. The van der Waals surface area contributed by atoms with Gasteiger partial charge in [0.25, 0.3) is 0 Å². The zero-order valence-corrected chi connectivity index (χ0v) is 11.7. The summed E-state index contributed by atoms with van der Waals surface area (Å²) in [5.74, 6) is 8.29. The maximum Gasteiger partial charge on any atom is 0.0289 e. The van der Waals surface area contributed by atoms with E-state index in [0.717, 1.165) is 17.8 Å². The van der Waals surface area contributed by atoms with Crippen LogP contribution in [0.3, 0.4) is 0 Å². The maximum atomic E-state index is 5.80. The average Bonchev–Trinajstić information content (AvgIpc) is 2.24. The van der Waals surface area contributed by atoms with E-state index < -0.39 is 0 Å². The second-order valence-electron chi connectivity index (χ2n) is 6.51. The van der Waals surface area contributed by atoms with Crippen molar-refractivity contribution in [1.82, 2.24) is 5.43 Å². The number of hydrogen-bond acceptors (Lipinski definition) is 2. The summed E-state index contributed by atoms with van der Waals surface area (Å²) in [5.41, 5.74) is 3.40. The van der Waals surface area contributed by atoms with Crippen molar-refractivity contribution in [1.29, 1.82) is 0 Å². The van der Waals surface area contributed by atoms with Gasteiger partial charge in [-0.25, -0.2) is 0 Å². The van der Waals surface area contributed by atoms with Gasteiger partial charge in [-0.05, 0) is 42.4 Å². The largest absolute Gasteiger partial charge is 0.271 e. The van der Waals surface area contributed by atoms with Gasteiger partial charge in [-0.3, -0.25) is 11.3 Å². The van der Waals surface area contributed by atoms with Gasteiger partial charge in [0.15, 0.2) is 0 Å². The third-order valence-electron chi connectivity index (χ3n) is 5.04. The Morgan fingerprint density at radius 2 is 1.88 bits per heavy atom. The lowest BCUT2D eigenvalue weighted by Gasteiger charge is -2.43. The van der Waals surface area contributed by atoms with Gasteiger partial charge in [0.2, 0.25) is 0 Å². The smallest absolute Gasteiger partial charge is 0.0289 e. The summed E-state index contributed by atoms with van der Waals surface area (Å²) in [5, 5.41) is 0. The summed E-state index contributed by atoms with van der Waals surface area (Å²) < 4.78 is 0. The summed E-state index contributed by atoms with van der Waals surface area (Å²) >= 11 is 0. The predicted molar refractivity (Wildman–Crippen MR) is 70.9 cm³/mol. The van der Waals surface area contributed by atoms with Gasteiger partial charge < -0.3 is 0 Å². The van der Waals surface area contributed by atoms with Crippen molar-refractivity contribution in [2.75, 3.05) is 0 Å². The van der Waals surface area contributed by atoms with Crippen molar-refractivity contribution >= 4 is 0 Å². The molecule has 0 aromatic carbocycles. The molecule has 0 heterocycles. The molecule has 96 valence electrons. The SMILES string of the molecule is CCC(C)(C)C(NN)C1CCC(C)C(C)C1. The molecule has 0 aromatic heterocycles.